The summed E-state index contributed by atoms with van der Waals surface area (Å²) in [5, 5.41) is 3.38. The van der Waals surface area contributed by atoms with Gasteiger partial charge in [-0.2, -0.15) is 0 Å². The van der Waals surface area contributed by atoms with E-state index in [-0.39, 0.29) is 17.9 Å². The predicted molar refractivity (Wildman–Crippen MR) is 76.9 cm³/mol. The number of hydrogen-bond acceptors (Lipinski definition) is 2. The Balaban J connectivity index is 1.97. The van der Waals surface area contributed by atoms with Crippen LogP contribution in [0.3, 0.4) is 0 Å². The molecule has 4 nitrogen and oxygen atoms in total. The van der Waals surface area contributed by atoms with Gasteiger partial charge in [0.2, 0.25) is 5.91 Å². The number of halogens is 1. The summed E-state index contributed by atoms with van der Waals surface area (Å²) in [6.45, 7) is 2.55. The first-order chi connectivity index (χ1) is 9.60. The number of rotatable bonds is 3. The van der Waals surface area contributed by atoms with Gasteiger partial charge in [-0.25, -0.2) is 0 Å². The van der Waals surface area contributed by atoms with E-state index in [9.17, 15) is 9.59 Å². The molecule has 1 saturated heterocycles. The van der Waals surface area contributed by atoms with Crippen molar-refractivity contribution in [2.45, 2.75) is 25.9 Å². The standard InChI is InChI=1S/C15H15ClN2O2/c1-2-5-14(19)17-12-8-15(20)18(10-12)9-11-6-3-4-7-13(11)16/h3-4,6-7,12H,8-10H2,1H3,(H,17,19)/t12-/m1/s1. The Labute approximate surface area is 123 Å². The van der Waals surface area contributed by atoms with Gasteiger partial charge in [0.05, 0.1) is 6.04 Å². The lowest BCUT2D eigenvalue weighted by Gasteiger charge is -2.17. The molecular weight excluding hydrogens is 276 g/mol. The number of hydrogen-bond donors (Lipinski definition) is 1. The van der Waals surface area contributed by atoms with Crippen LogP contribution in [0.15, 0.2) is 24.3 Å². The molecule has 1 N–H and O–H groups in total. The third kappa shape index (κ3) is 3.52. The fraction of sp³-hybridized carbons (Fsp3) is 0.333. The fourth-order valence-corrected chi connectivity index (χ4v) is 2.38. The molecule has 1 aliphatic heterocycles. The number of likely N-dealkylation sites (tertiary alicyclic amines) is 1. The molecule has 5 heteroatoms. The first-order valence-corrected chi connectivity index (χ1v) is 6.72. The molecule has 0 aromatic heterocycles. The van der Waals surface area contributed by atoms with E-state index >= 15 is 0 Å². The van der Waals surface area contributed by atoms with Gasteiger partial charge in [-0.1, -0.05) is 35.7 Å². The van der Waals surface area contributed by atoms with Crippen molar-refractivity contribution in [2.75, 3.05) is 6.54 Å². The molecule has 0 bridgehead atoms. The van der Waals surface area contributed by atoms with Crippen LogP contribution in [0.4, 0.5) is 0 Å². The molecule has 0 aliphatic carbocycles. The minimum atomic E-state index is -0.343. The average molecular weight is 291 g/mol. The first-order valence-electron chi connectivity index (χ1n) is 6.34. The highest BCUT2D eigenvalue weighted by Crippen LogP contribution is 2.20. The van der Waals surface area contributed by atoms with E-state index in [4.69, 9.17) is 11.6 Å². The Kier molecular flexibility index (Phi) is 4.65. The number of carbonyl (C=O) groups excluding carboxylic acids is 2. The molecule has 1 aromatic rings. The summed E-state index contributed by atoms with van der Waals surface area (Å²) < 4.78 is 0. The van der Waals surface area contributed by atoms with Crippen molar-refractivity contribution in [1.82, 2.24) is 10.2 Å². The molecule has 2 amide bonds. The van der Waals surface area contributed by atoms with Gasteiger partial charge in [-0.15, -0.1) is 0 Å². The maximum Gasteiger partial charge on any atom is 0.296 e. The predicted octanol–water partition coefficient (Wildman–Crippen LogP) is 1.58. The van der Waals surface area contributed by atoms with Crippen molar-refractivity contribution in [3.8, 4) is 11.8 Å². The Hall–Kier alpha value is -1.99. The van der Waals surface area contributed by atoms with Crippen LogP contribution >= 0.6 is 11.6 Å². The summed E-state index contributed by atoms with van der Waals surface area (Å²) in [4.78, 5) is 25.0. The van der Waals surface area contributed by atoms with Crippen LogP contribution < -0.4 is 5.32 Å². The highest BCUT2D eigenvalue weighted by Gasteiger charge is 2.30. The van der Waals surface area contributed by atoms with Crippen molar-refractivity contribution < 1.29 is 9.59 Å². The summed E-state index contributed by atoms with van der Waals surface area (Å²) in [7, 11) is 0. The summed E-state index contributed by atoms with van der Waals surface area (Å²) >= 11 is 6.09. The SMILES string of the molecule is CC#CC(=O)N[C@@H]1CC(=O)N(Cc2ccccc2Cl)C1. The topological polar surface area (TPSA) is 49.4 Å². The second-order valence-electron chi connectivity index (χ2n) is 4.62. The number of nitrogens with zero attached hydrogens (tertiary/aromatic N) is 1. The lowest BCUT2D eigenvalue weighted by Crippen LogP contribution is -2.36. The van der Waals surface area contributed by atoms with Crippen LogP contribution in [0, 0.1) is 11.8 Å². The molecule has 2 rings (SSSR count). The monoisotopic (exact) mass is 290 g/mol. The molecule has 0 spiro atoms. The second kappa shape index (κ2) is 6.44. The summed E-state index contributed by atoms with van der Waals surface area (Å²) in [6, 6.07) is 7.25. The number of carbonyl (C=O) groups is 2. The molecule has 0 radical (unpaired) electrons. The van der Waals surface area contributed by atoms with Gasteiger partial charge < -0.3 is 10.2 Å². The van der Waals surface area contributed by atoms with Crippen molar-refractivity contribution in [2.24, 2.45) is 0 Å². The van der Waals surface area contributed by atoms with Crippen LogP contribution in [0.1, 0.15) is 18.9 Å². The minimum Gasteiger partial charge on any atom is -0.340 e. The quantitative estimate of drug-likeness (QED) is 0.859. The normalized spacial score (nSPS) is 17.6. The first kappa shape index (κ1) is 14.4. The number of benzene rings is 1. The van der Waals surface area contributed by atoms with Gasteiger partial charge in [0.15, 0.2) is 0 Å². The van der Waals surface area contributed by atoms with Gasteiger partial charge in [-0.05, 0) is 24.5 Å². The molecule has 20 heavy (non-hydrogen) atoms. The molecule has 1 heterocycles. The highest BCUT2D eigenvalue weighted by atomic mass is 35.5. The van der Waals surface area contributed by atoms with Gasteiger partial charge in [0.1, 0.15) is 0 Å². The van der Waals surface area contributed by atoms with Crippen LogP contribution in [-0.2, 0) is 16.1 Å². The van der Waals surface area contributed by atoms with E-state index < -0.39 is 0 Å². The lowest BCUT2D eigenvalue weighted by atomic mass is 10.2. The van der Waals surface area contributed by atoms with Crippen molar-refractivity contribution in [1.29, 1.82) is 0 Å². The molecule has 1 aliphatic rings. The zero-order valence-electron chi connectivity index (χ0n) is 11.1. The summed E-state index contributed by atoms with van der Waals surface area (Å²) in [5.74, 6) is 4.61. The zero-order chi connectivity index (χ0) is 14.5. The van der Waals surface area contributed by atoms with Crippen molar-refractivity contribution >= 4 is 23.4 Å². The third-order valence-corrected chi connectivity index (χ3v) is 3.48. The Morgan fingerprint density at radius 1 is 1.50 bits per heavy atom. The van der Waals surface area contributed by atoms with E-state index in [1.807, 2.05) is 18.2 Å². The largest absolute Gasteiger partial charge is 0.340 e. The van der Waals surface area contributed by atoms with Crippen molar-refractivity contribution in [3.63, 3.8) is 0 Å². The fourth-order valence-electron chi connectivity index (χ4n) is 2.19. The Morgan fingerprint density at radius 3 is 2.95 bits per heavy atom. The molecule has 1 atom stereocenters. The van der Waals surface area contributed by atoms with Crippen LogP contribution in [0.25, 0.3) is 0 Å². The molecule has 104 valence electrons. The molecular formula is C15H15ClN2O2. The van der Waals surface area contributed by atoms with E-state index in [2.05, 4.69) is 17.2 Å². The van der Waals surface area contributed by atoms with Gasteiger partial charge in [0.25, 0.3) is 5.91 Å². The van der Waals surface area contributed by atoms with E-state index in [0.717, 1.165) is 5.56 Å². The zero-order valence-corrected chi connectivity index (χ0v) is 11.9. The molecule has 0 saturated carbocycles. The maximum absolute atomic E-state index is 11.9. The van der Waals surface area contributed by atoms with E-state index in [1.54, 1.807) is 17.9 Å². The van der Waals surface area contributed by atoms with Gasteiger partial charge in [-0.3, -0.25) is 9.59 Å². The van der Waals surface area contributed by atoms with Crippen LogP contribution in [0.2, 0.25) is 5.02 Å². The number of nitrogens with one attached hydrogen (secondary N) is 1. The smallest absolute Gasteiger partial charge is 0.296 e. The molecule has 0 unspecified atom stereocenters. The lowest BCUT2D eigenvalue weighted by molar-refractivity contribution is -0.128. The van der Waals surface area contributed by atoms with E-state index in [0.29, 0.717) is 24.5 Å². The molecule has 1 aromatic carbocycles. The minimum absolute atomic E-state index is 0.0136. The van der Waals surface area contributed by atoms with Crippen LogP contribution in [0.5, 0.6) is 0 Å². The van der Waals surface area contributed by atoms with Gasteiger partial charge in [0, 0.05) is 24.5 Å². The third-order valence-electron chi connectivity index (χ3n) is 3.11. The maximum atomic E-state index is 11.9. The Morgan fingerprint density at radius 2 is 2.25 bits per heavy atom. The highest BCUT2D eigenvalue weighted by molar-refractivity contribution is 6.31. The van der Waals surface area contributed by atoms with E-state index in [1.165, 1.54) is 0 Å². The van der Waals surface area contributed by atoms with Crippen LogP contribution in [-0.4, -0.2) is 29.3 Å². The number of amides is 2. The second-order valence-corrected chi connectivity index (χ2v) is 5.02. The summed E-state index contributed by atoms with van der Waals surface area (Å²) in [6.07, 6.45) is 0.307. The van der Waals surface area contributed by atoms with Crippen molar-refractivity contribution in [3.05, 3.63) is 34.9 Å². The van der Waals surface area contributed by atoms with Gasteiger partial charge >= 0.3 is 0 Å². The average Bonchev–Trinajstić information content (AvgIpc) is 2.72. The molecule has 1 fully saturated rings. The summed E-state index contributed by atoms with van der Waals surface area (Å²) in [5.41, 5.74) is 0.905. The Bertz CT molecular complexity index is 589.